The van der Waals surface area contributed by atoms with Gasteiger partial charge in [0, 0.05) is 17.1 Å². The minimum Gasteiger partial charge on any atom is -0.176 e. The first-order valence-electron chi connectivity index (χ1n) is 11.4. The van der Waals surface area contributed by atoms with Gasteiger partial charge in [-0.3, -0.25) is 0 Å². The number of hydrogen-bond donors (Lipinski definition) is 1. The van der Waals surface area contributed by atoms with Gasteiger partial charge in [0.1, 0.15) is 0 Å². The number of hydrogen-bond acceptors (Lipinski definition) is 1. The highest BCUT2D eigenvalue weighted by Gasteiger charge is 2.21. The van der Waals surface area contributed by atoms with Crippen LogP contribution >= 0.6 is 12.6 Å². The first-order valence-corrected chi connectivity index (χ1v) is 12.0. The highest BCUT2D eigenvalue weighted by atomic mass is 32.1. The lowest BCUT2D eigenvalue weighted by atomic mass is 9.80. The Hall–Kier alpha value is -1.99. The van der Waals surface area contributed by atoms with Crippen LogP contribution in [0.2, 0.25) is 0 Å². The second-order valence-corrected chi connectivity index (χ2v) is 9.35. The normalized spacial score (nSPS) is 27.6. The summed E-state index contributed by atoms with van der Waals surface area (Å²) in [6.07, 6.45) is 35.2. The highest BCUT2D eigenvalue weighted by Crippen LogP contribution is 2.35. The van der Waals surface area contributed by atoms with Crippen LogP contribution in [0.4, 0.5) is 0 Å². The number of allylic oxidation sites excluding steroid dienone is 17. The van der Waals surface area contributed by atoms with Gasteiger partial charge in [-0.2, -0.15) is 12.6 Å². The summed E-state index contributed by atoms with van der Waals surface area (Å²) in [6, 6.07) is 0. The van der Waals surface area contributed by atoms with Gasteiger partial charge in [-0.15, -0.1) is 0 Å². The summed E-state index contributed by atoms with van der Waals surface area (Å²) < 4.78 is 0. The van der Waals surface area contributed by atoms with Gasteiger partial charge in [-0.05, 0) is 53.9 Å². The molecule has 158 valence electrons. The van der Waals surface area contributed by atoms with E-state index in [9.17, 15) is 0 Å². The van der Waals surface area contributed by atoms with E-state index in [1.807, 2.05) is 12.2 Å². The van der Waals surface area contributed by atoms with Crippen molar-refractivity contribution in [3.63, 3.8) is 0 Å². The fourth-order valence-corrected chi connectivity index (χ4v) is 4.63. The van der Waals surface area contributed by atoms with Crippen molar-refractivity contribution < 1.29 is 0 Å². The molecule has 4 atom stereocenters. The largest absolute Gasteiger partial charge is 0.176 e. The van der Waals surface area contributed by atoms with Crippen molar-refractivity contribution in [1.82, 2.24) is 0 Å². The molecule has 1 heteroatoms. The van der Waals surface area contributed by atoms with Crippen molar-refractivity contribution in [3.05, 3.63) is 108 Å². The van der Waals surface area contributed by atoms with E-state index >= 15 is 0 Å². The lowest BCUT2D eigenvalue weighted by Gasteiger charge is -2.26. The van der Waals surface area contributed by atoms with Crippen molar-refractivity contribution in [2.75, 3.05) is 0 Å². The molecular weight excluding hydrogens is 380 g/mol. The van der Waals surface area contributed by atoms with E-state index in [0.717, 1.165) is 32.1 Å². The van der Waals surface area contributed by atoms with E-state index in [1.54, 1.807) is 0 Å². The smallest absolute Gasteiger partial charge is 0.00544 e. The van der Waals surface area contributed by atoms with E-state index in [2.05, 4.69) is 99.9 Å². The van der Waals surface area contributed by atoms with Crippen LogP contribution in [0.15, 0.2) is 108 Å². The molecule has 3 aliphatic rings. The molecule has 0 fully saturated rings. The molecule has 3 rings (SSSR count). The average Bonchev–Trinajstić information content (AvgIpc) is 2.79. The molecule has 0 aromatic rings. The summed E-state index contributed by atoms with van der Waals surface area (Å²) in [4.78, 5) is 0. The minimum atomic E-state index is 0.413. The molecule has 0 saturated carbocycles. The third-order valence-corrected chi connectivity index (χ3v) is 6.65. The third kappa shape index (κ3) is 6.01. The van der Waals surface area contributed by atoms with Crippen LogP contribution < -0.4 is 0 Å². The summed E-state index contributed by atoms with van der Waals surface area (Å²) in [5, 5.41) is 0.413. The molecular formula is C29H36S. The molecule has 0 saturated heterocycles. The van der Waals surface area contributed by atoms with Crippen LogP contribution in [0.3, 0.4) is 0 Å². The Kier molecular flexibility index (Phi) is 8.63. The van der Waals surface area contributed by atoms with Gasteiger partial charge in [0.25, 0.3) is 0 Å². The Bertz CT molecular complexity index is 851. The first-order chi connectivity index (χ1) is 14.6. The Labute approximate surface area is 189 Å². The van der Waals surface area contributed by atoms with Gasteiger partial charge in [0.2, 0.25) is 0 Å². The zero-order valence-corrected chi connectivity index (χ0v) is 19.4. The average molecular weight is 417 g/mol. The second-order valence-electron chi connectivity index (χ2n) is 8.54. The number of thiol groups is 1. The molecule has 4 unspecified atom stereocenters. The van der Waals surface area contributed by atoms with Crippen LogP contribution in [-0.2, 0) is 0 Å². The lowest BCUT2D eigenvalue weighted by Crippen LogP contribution is -2.14. The van der Waals surface area contributed by atoms with Crippen molar-refractivity contribution in [2.45, 2.75) is 51.2 Å². The molecule has 0 amide bonds. The van der Waals surface area contributed by atoms with E-state index in [-0.39, 0.29) is 0 Å². The first kappa shape index (κ1) is 22.7. The summed E-state index contributed by atoms with van der Waals surface area (Å²) in [5.41, 5.74) is 5.72. The van der Waals surface area contributed by atoms with Crippen molar-refractivity contribution in [2.24, 2.45) is 17.8 Å². The Morgan fingerprint density at radius 3 is 2.47 bits per heavy atom. The van der Waals surface area contributed by atoms with Crippen LogP contribution in [0.25, 0.3) is 0 Å². The van der Waals surface area contributed by atoms with Gasteiger partial charge >= 0.3 is 0 Å². The maximum absolute atomic E-state index is 4.65. The highest BCUT2D eigenvalue weighted by molar-refractivity contribution is 7.80. The predicted octanol–water partition coefficient (Wildman–Crippen LogP) is 8.28. The standard InChI is InChI=1S/C29H36S/c1-4-6-7-10-23(9-5-2)24-13-15-25(16-14-24)26-17-19-27(20-18-26)29-12-8-11-28(21-29)22(3)30/h4,6-8,10,12-15,17-19,21-22,25,27-28,30H,1,5,9,11,16,20H2,2-3H3/b7-6-,23-10+. The molecule has 0 nitrogen and oxygen atoms in total. The Morgan fingerprint density at radius 1 is 1.07 bits per heavy atom. The molecule has 0 radical (unpaired) electrons. The van der Waals surface area contributed by atoms with E-state index in [4.69, 9.17) is 0 Å². The monoisotopic (exact) mass is 416 g/mol. The van der Waals surface area contributed by atoms with Gasteiger partial charge < -0.3 is 0 Å². The summed E-state index contributed by atoms with van der Waals surface area (Å²) in [5.74, 6) is 1.57. The van der Waals surface area contributed by atoms with Crippen LogP contribution in [-0.4, -0.2) is 5.25 Å². The van der Waals surface area contributed by atoms with Crippen molar-refractivity contribution in [3.8, 4) is 0 Å². The van der Waals surface area contributed by atoms with E-state index in [0.29, 0.717) is 23.0 Å². The van der Waals surface area contributed by atoms with Crippen molar-refractivity contribution in [1.29, 1.82) is 0 Å². The molecule has 0 N–H and O–H groups in total. The zero-order chi connectivity index (χ0) is 21.3. The second kappa shape index (κ2) is 11.4. The third-order valence-electron chi connectivity index (χ3n) is 6.26. The molecule has 0 aromatic carbocycles. The van der Waals surface area contributed by atoms with Crippen LogP contribution in [0.5, 0.6) is 0 Å². The Balaban J connectivity index is 1.62. The fourth-order valence-electron chi connectivity index (χ4n) is 4.42. The van der Waals surface area contributed by atoms with E-state index < -0.39 is 0 Å². The minimum absolute atomic E-state index is 0.413. The zero-order valence-electron chi connectivity index (χ0n) is 18.5. The van der Waals surface area contributed by atoms with Gasteiger partial charge in [0.15, 0.2) is 0 Å². The van der Waals surface area contributed by atoms with Gasteiger partial charge in [-0.1, -0.05) is 106 Å². The lowest BCUT2D eigenvalue weighted by molar-refractivity contribution is 0.627. The number of rotatable bonds is 8. The van der Waals surface area contributed by atoms with Crippen LogP contribution in [0, 0.1) is 17.8 Å². The molecule has 0 bridgehead atoms. The SMILES string of the molecule is C=C/C=C\C=C(/CCC)C1=CCC(C2=CCC(C3=CC(C(C)S)CC=C3)C=C2)C=C1. The predicted molar refractivity (Wildman–Crippen MR) is 137 cm³/mol. The van der Waals surface area contributed by atoms with Gasteiger partial charge in [-0.25, -0.2) is 0 Å². The molecule has 0 aromatic heterocycles. The molecule has 0 aliphatic heterocycles. The summed E-state index contributed by atoms with van der Waals surface area (Å²) in [6.45, 7) is 8.20. The van der Waals surface area contributed by atoms with Crippen LogP contribution in [0.1, 0.15) is 46.0 Å². The maximum atomic E-state index is 4.65. The molecule has 0 heterocycles. The van der Waals surface area contributed by atoms with E-state index in [1.165, 1.54) is 22.3 Å². The fraction of sp³-hybridized carbons (Fsp3) is 0.379. The summed E-state index contributed by atoms with van der Waals surface area (Å²) in [7, 11) is 0. The molecule has 3 aliphatic carbocycles. The Morgan fingerprint density at radius 2 is 1.83 bits per heavy atom. The van der Waals surface area contributed by atoms with Gasteiger partial charge in [0.05, 0.1) is 0 Å². The molecule has 30 heavy (non-hydrogen) atoms. The molecule has 0 spiro atoms. The summed E-state index contributed by atoms with van der Waals surface area (Å²) >= 11 is 4.65. The maximum Gasteiger partial charge on any atom is 0.00544 e. The topological polar surface area (TPSA) is 0 Å². The van der Waals surface area contributed by atoms with Crippen molar-refractivity contribution >= 4 is 12.6 Å². The quantitative estimate of drug-likeness (QED) is 0.299.